The second kappa shape index (κ2) is 8.21. The van der Waals surface area contributed by atoms with Gasteiger partial charge in [0.15, 0.2) is 0 Å². The van der Waals surface area contributed by atoms with Gasteiger partial charge in [-0.2, -0.15) is 0 Å². The zero-order chi connectivity index (χ0) is 20.4. The van der Waals surface area contributed by atoms with Crippen molar-refractivity contribution in [3.8, 4) is 0 Å². The monoisotopic (exact) mass is 453 g/mol. The standard InChI is InChI=1S/C22H20BrN3O3/c23-17-7-5-6-16(14-17)15-22(27)25-13-4-3-12-24(25)20-10-11-21(26(28)29)19-9-2-1-8-18(19)20/h1-2,5-11,14H,3-4,12-13,15H2. The fourth-order valence-corrected chi connectivity index (χ4v) is 4.29. The third-order valence-corrected chi connectivity index (χ3v) is 5.66. The molecule has 0 unspecified atom stereocenters. The van der Waals surface area contributed by atoms with Crippen LogP contribution in [0.15, 0.2) is 65.1 Å². The Hall–Kier alpha value is -2.93. The van der Waals surface area contributed by atoms with E-state index in [-0.39, 0.29) is 16.5 Å². The van der Waals surface area contributed by atoms with Crippen molar-refractivity contribution in [2.45, 2.75) is 19.3 Å². The first-order valence-electron chi connectivity index (χ1n) is 9.53. The van der Waals surface area contributed by atoms with Crippen LogP contribution in [0.5, 0.6) is 0 Å². The van der Waals surface area contributed by atoms with Crippen molar-refractivity contribution in [1.82, 2.24) is 5.01 Å². The quantitative estimate of drug-likeness (QED) is 0.407. The van der Waals surface area contributed by atoms with E-state index < -0.39 is 0 Å². The number of rotatable bonds is 4. The van der Waals surface area contributed by atoms with E-state index in [0.717, 1.165) is 34.0 Å². The highest BCUT2D eigenvalue weighted by molar-refractivity contribution is 9.10. The van der Waals surface area contributed by atoms with Crippen LogP contribution in [0.25, 0.3) is 10.8 Å². The number of halogens is 1. The maximum Gasteiger partial charge on any atom is 0.277 e. The summed E-state index contributed by atoms with van der Waals surface area (Å²) in [6.07, 6.45) is 2.21. The van der Waals surface area contributed by atoms with Crippen LogP contribution < -0.4 is 5.01 Å². The summed E-state index contributed by atoms with van der Waals surface area (Å²) >= 11 is 3.45. The van der Waals surface area contributed by atoms with Crippen LogP contribution in [0.3, 0.4) is 0 Å². The van der Waals surface area contributed by atoms with E-state index in [0.29, 0.717) is 24.9 Å². The van der Waals surface area contributed by atoms with Gasteiger partial charge in [0.05, 0.1) is 22.4 Å². The molecule has 6 nitrogen and oxygen atoms in total. The number of nitro groups is 1. The number of benzene rings is 3. The fraction of sp³-hybridized carbons (Fsp3) is 0.227. The second-order valence-electron chi connectivity index (χ2n) is 7.06. The van der Waals surface area contributed by atoms with Gasteiger partial charge in [-0.3, -0.25) is 24.9 Å². The number of carbonyl (C=O) groups excluding carboxylic acids is 1. The van der Waals surface area contributed by atoms with E-state index in [1.54, 1.807) is 23.2 Å². The fourth-order valence-electron chi connectivity index (χ4n) is 3.84. The number of nitrogens with zero attached hydrogens (tertiary/aromatic N) is 3. The van der Waals surface area contributed by atoms with E-state index >= 15 is 0 Å². The maximum atomic E-state index is 13.1. The Balaban J connectivity index is 1.70. The molecule has 1 aliphatic rings. The van der Waals surface area contributed by atoms with Crippen LogP contribution in [0.1, 0.15) is 18.4 Å². The van der Waals surface area contributed by atoms with Gasteiger partial charge >= 0.3 is 0 Å². The molecule has 3 aromatic carbocycles. The summed E-state index contributed by atoms with van der Waals surface area (Å²) in [5, 5.41) is 16.6. The molecule has 0 aliphatic carbocycles. The molecule has 4 rings (SSSR count). The Morgan fingerprint density at radius 3 is 2.52 bits per heavy atom. The summed E-state index contributed by atoms with van der Waals surface area (Å²) in [4.78, 5) is 24.2. The molecule has 148 valence electrons. The van der Waals surface area contributed by atoms with E-state index in [1.807, 2.05) is 41.4 Å². The molecule has 1 heterocycles. The van der Waals surface area contributed by atoms with Crippen LogP contribution in [-0.4, -0.2) is 28.9 Å². The van der Waals surface area contributed by atoms with Gasteiger partial charge in [-0.15, -0.1) is 0 Å². The third kappa shape index (κ3) is 3.96. The summed E-state index contributed by atoms with van der Waals surface area (Å²) in [5.74, 6) is 0.0187. The molecule has 0 aromatic heterocycles. The number of hydrogen-bond donors (Lipinski definition) is 0. The van der Waals surface area contributed by atoms with Gasteiger partial charge in [-0.1, -0.05) is 46.3 Å². The summed E-state index contributed by atoms with van der Waals surface area (Å²) in [7, 11) is 0. The Labute approximate surface area is 177 Å². The number of nitro benzene ring substituents is 1. The Morgan fingerprint density at radius 2 is 1.76 bits per heavy atom. The van der Waals surface area contributed by atoms with Crippen LogP contribution in [-0.2, 0) is 11.2 Å². The lowest BCUT2D eigenvalue weighted by molar-refractivity contribution is -0.383. The Morgan fingerprint density at radius 1 is 1.00 bits per heavy atom. The number of carbonyl (C=O) groups is 1. The predicted molar refractivity (Wildman–Crippen MR) is 117 cm³/mol. The first-order valence-corrected chi connectivity index (χ1v) is 10.3. The lowest BCUT2D eigenvalue weighted by Crippen LogP contribution is -2.51. The lowest BCUT2D eigenvalue weighted by atomic mass is 10.1. The normalized spacial score (nSPS) is 14.2. The minimum Gasteiger partial charge on any atom is -0.282 e. The maximum absolute atomic E-state index is 13.1. The number of non-ortho nitro benzene ring substituents is 1. The van der Waals surface area contributed by atoms with Crippen molar-refractivity contribution < 1.29 is 9.72 Å². The minimum absolute atomic E-state index is 0.0187. The van der Waals surface area contributed by atoms with Crippen molar-refractivity contribution in [3.63, 3.8) is 0 Å². The molecule has 3 aromatic rings. The van der Waals surface area contributed by atoms with Gasteiger partial charge in [0.1, 0.15) is 0 Å². The molecule has 1 fully saturated rings. The van der Waals surface area contributed by atoms with Crippen LogP contribution >= 0.6 is 15.9 Å². The molecule has 0 atom stereocenters. The van der Waals surface area contributed by atoms with Gasteiger partial charge < -0.3 is 0 Å². The average molecular weight is 454 g/mol. The van der Waals surface area contributed by atoms with Gasteiger partial charge in [-0.05, 0) is 42.7 Å². The summed E-state index contributed by atoms with van der Waals surface area (Å²) in [6, 6.07) is 18.3. The molecule has 7 heteroatoms. The third-order valence-electron chi connectivity index (χ3n) is 5.17. The van der Waals surface area contributed by atoms with Gasteiger partial charge in [0.25, 0.3) is 5.69 Å². The minimum atomic E-state index is -0.363. The highest BCUT2D eigenvalue weighted by Crippen LogP contribution is 2.35. The summed E-state index contributed by atoms with van der Waals surface area (Å²) in [6.45, 7) is 1.34. The molecule has 0 radical (unpaired) electrons. The van der Waals surface area contributed by atoms with Crippen molar-refractivity contribution >= 4 is 44.0 Å². The van der Waals surface area contributed by atoms with Crippen molar-refractivity contribution in [3.05, 3.63) is 80.8 Å². The van der Waals surface area contributed by atoms with E-state index in [1.165, 1.54) is 6.07 Å². The smallest absolute Gasteiger partial charge is 0.277 e. The summed E-state index contributed by atoms with van der Waals surface area (Å²) in [5.41, 5.74) is 1.85. The summed E-state index contributed by atoms with van der Waals surface area (Å²) < 4.78 is 0.944. The largest absolute Gasteiger partial charge is 0.282 e. The van der Waals surface area contributed by atoms with E-state index in [4.69, 9.17) is 0 Å². The molecule has 1 saturated heterocycles. The zero-order valence-electron chi connectivity index (χ0n) is 15.8. The first kappa shape index (κ1) is 19.4. The SMILES string of the molecule is O=C(Cc1cccc(Br)c1)N1CCCCN1c1ccc([N+](=O)[O-])c2ccccc12. The lowest BCUT2D eigenvalue weighted by Gasteiger charge is -2.40. The molecule has 0 saturated carbocycles. The molecule has 1 amide bonds. The number of hydrogen-bond acceptors (Lipinski definition) is 4. The number of amides is 1. The van der Waals surface area contributed by atoms with E-state index in [2.05, 4.69) is 15.9 Å². The molecule has 0 spiro atoms. The predicted octanol–water partition coefficient (Wildman–Crippen LogP) is 5.10. The average Bonchev–Trinajstić information content (AvgIpc) is 2.73. The number of hydrazine groups is 1. The first-order chi connectivity index (χ1) is 14.0. The second-order valence-corrected chi connectivity index (χ2v) is 7.98. The van der Waals surface area contributed by atoms with Gasteiger partial charge in [0.2, 0.25) is 5.91 Å². The van der Waals surface area contributed by atoms with E-state index in [9.17, 15) is 14.9 Å². The van der Waals surface area contributed by atoms with Crippen LogP contribution in [0.4, 0.5) is 11.4 Å². The molecule has 1 aliphatic heterocycles. The Bertz CT molecular complexity index is 1090. The van der Waals surface area contributed by atoms with Crippen LogP contribution in [0, 0.1) is 10.1 Å². The highest BCUT2D eigenvalue weighted by Gasteiger charge is 2.27. The van der Waals surface area contributed by atoms with Crippen molar-refractivity contribution in [2.75, 3.05) is 18.1 Å². The zero-order valence-corrected chi connectivity index (χ0v) is 17.3. The number of fused-ring (bicyclic) bond motifs is 1. The molecule has 0 N–H and O–H groups in total. The van der Waals surface area contributed by atoms with Crippen molar-refractivity contribution in [2.24, 2.45) is 0 Å². The van der Waals surface area contributed by atoms with Gasteiger partial charge in [0, 0.05) is 29.0 Å². The van der Waals surface area contributed by atoms with Crippen LogP contribution in [0.2, 0.25) is 0 Å². The Kier molecular flexibility index (Phi) is 5.49. The molecular formula is C22H20BrN3O3. The topological polar surface area (TPSA) is 66.7 Å². The van der Waals surface area contributed by atoms with Gasteiger partial charge in [-0.25, -0.2) is 0 Å². The molecule has 29 heavy (non-hydrogen) atoms. The molecular weight excluding hydrogens is 434 g/mol. The van der Waals surface area contributed by atoms with Crippen molar-refractivity contribution in [1.29, 1.82) is 0 Å². The highest BCUT2D eigenvalue weighted by atomic mass is 79.9. The molecule has 0 bridgehead atoms. The number of anilines is 1.